The second kappa shape index (κ2) is 6.99. The lowest BCUT2D eigenvalue weighted by atomic mass is 10.2. The number of carbonyl (C=O) groups excluding carboxylic acids is 1. The Kier molecular flexibility index (Phi) is 4.37. The molecular formula is C19H18N6O2. The zero-order chi connectivity index (χ0) is 18.8. The first-order chi connectivity index (χ1) is 13.2. The maximum atomic E-state index is 12.8. The topological polar surface area (TPSA) is 96.8 Å². The van der Waals surface area contributed by atoms with Gasteiger partial charge in [0, 0.05) is 6.54 Å². The number of hydrogen-bond acceptors (Lipinski definition) is 5. The maximum absolute atomic E-state index is 12.8. The van der Waals surface area contributed by atoms with Crippen LogP contribution in [0.15, 0.2) is 53.3 Å². The lowest BCUT2D eigenvalue weighted by Crippen LogP contribution is -2.34. The molecule has 4 rings (SSSR count). The van der Waals surface area contributed by atoms with Crippen LogP contribution >= 0.6 is 0 Å². The monoisotopic (exact) mass is 362 g/mol. The maximum Gasteiger partial charge on any atom is 0.258 e. The summed E-state index contributed by atoms with van der Waals surface area (Å²) in [4.78, 5) is 33.8. The Hall–Kier alpha value is -3.55. The molecule has 0 fully saturated rings. The van der Waals surface area contributed by atoms with Crippen molar-refractivity contribution in [2.75, 3.05) is 6.54 Å². The number of likely N-dealkylation sites (N-methyl/N-ethyl adjacent to an activating group) is 1. The highest BCUT2D eigenvalue weighted by molar-refractivity contribution is 5.80. The highest BCUT2D eigenvalue weighted by Crippen LogP contribution is 2.11. The van der Waals surface area contributed by atoms with Crippen LogP contribution in [0, 0.1) is 0 Å². The molecule has 0 spiro atoms. The zero-order valence-electron chi connectivity index (χ0n) is 14.8. The molecule has 0 saturated heterocycles. The molecule has 4 aromatic rings. The Labute approximate surface area is 154 Å². The zero-order valence-corrected chi connectivity index (χ0v) is 14.8. The Morgan fingerprint density at radius 2 is 1.85 bits per heavy atom. The van der Waals surface area contributed by atoms with E-state index in [0.717, 1.165) is 11.0 Å². The molecular weight excluding hydrogens is 344 g/mol. The van der Waals surface area contributed by atoms with E-state index < -0.39 is 0 Å². The van der Waals surface area contributed by atoms with Crippen LogP contribution in [-0.2, 0) is 17.9 Å². The van der Waals surface area contributed by atoms with Crippen LogP contribution in [0.25, 0.3) is 21.9 Å². The van der Waals surface area contributed by atoms with Gasteiger partial charge in [-0.15, -0.1) is 5.10 Å². The van der Waals surface area contributed by atoms with E-state index >= 15 is 0 Å². The predicted octanol–water partition coefficient (Wildman–Crippen LogP) is 1.72. The second-order valence-electron chi connectivity index (χ2n) is 6.17. The summed E-state index contributed by atoms with van der Waals surface area (Å²) in [6, 6.07) is 14.6. The third kappa shape index (κ3) is 3.29. The van der Waals surface area contributed by atoms with E-state index in [2.05, 4.69) is 20.3 Å². The molecule has 2 heterocycles. The third-order valence-electron chi connectivity index (χ3n) is 4.44. The quantitative estimate of drug-likeness (QED) is 0.583. The van der Waals surface area contributed by atoms with Gasteiger partial charge in [-0.1, -0.05) is 29.5 Å². The molecule has 0 aliphatic heterocycles. The van der Waals surface area contributed by atoms with Gasteiger partial charge in [0.2, 0.25) is 5.91 Å². The highest BCUT2D eigenvalue weighted by atomic mass is 16.2. The number of nitrogens with one attached hydrogen (secondary N) is 1. The van der Waals surface area contributed by atoms with Crippen molar-refractivity contribution in [2.24, 2.45) is 0 Å². The van der Waals surface area contributed by atoms with E-state index in [4.69, 9.17) is 0 Å². The summed E-state index contributed by atoms with van der Waals surface area (Å²) in [6.45, 7) is 2.67. The number of nitrogens with zero attached hydrogens (tertiary/aromatic N) is 5. The molecule has 1 N–H and O–H groups in total. The number of aromatic amines is 1. The van der Waals surface area contributed by atoms with Crippen LogP contribution in [0.3, 0.4) is 0 Å². The minimum Gasteiger partial charge on any atom is -0.334 e. The van der Waals surface area contributed by atoms with Gasteiger partial charge >= 0.3 is 0 Å². The van der Waals surface area contributed by atoms with E-state index in [9.17, 15) is 9.59 Å². The number of fused-ring (bicyclic) bond motifs is 2. The first-order valence-electron chi connectivity index (χ1n) is 8.69. The largest absolute Gasteiger partial charge is 0.334 e. The van der Waals surface area contributed by atoms with E-state index in [0.29, 0.717) is 23.3 Å². The minimum absolute atomic E-state index is 0.0756. The van der Waals surface area contributed by atoms with Gasteiger partial charge in [0.05, 0.1) is 23.0 Å². The van der Waals surface area contributed by atoms with Crippen molar-refractivity contribution in [3.05, 3.63) is 64.7 Å². The standard InChI is InChI=1S/C19H18N6O2/c1-2-24(11-17-20-14-8-4-3-7-13(14)19(27)21-17)18(26)12-25-16-10-6-5-9-15(16)22-23-25/h3-10H,2,11-12H2,1H3,(H,20,21,27). The van der Waals surface area contributed by atoms with Gasteiger partial charge in [0.25, 0.3) is 5.56 Å². The predicted molar refractivity (Wildman–Crippen MR) is 101 cm³/mol. The summed E-state index contributed by atoms with van der Waals surface area (Å²) in [5, 5.41) is 8.66. The number of amides is 1. The SMILES string of the molecule is CCN(Cc1nc2ccccc2c(=O)[nH]1)C(=O)Cn1nnc2ccccc21. The normalized spacial score (nSPS) is 11.1. The molecule has 0 radical (unpaired) electrons. The van der Waals surface area contributed by atoms with Gasteiger partial charge in [-0.25, -0.2) is 9.67 Å². The van der Waals surface area contributed by atoms with Crippen LogP contribution in [0.5, 0.6) is 0 Å². The Morgan fingerprint density at radius 1 is 1.11 bits per heavy atom. The minimum atomic E-state index is -0.207. The fourth-order valence-corrected chi connectivity index (χ4v) is 3.03. The third-order valence-corrected chi connectivity index (χ3v) is 4.44. The van der Waals surface area contributed by atoms with Crippen LogP contribution in [-0.4, -0.2) is 42.3 Å². The summed E-state index contributed by atoms with van der Waals surface area (Å²) < 4.78 is 1.58. The van der Waals surface area contributed by atoms with Gasteiger partial charge < -0.3 is 9.88 Å². The lowest BCUT2D eigenvalue weighted by molar-refractivity contribution is -0.132. The molecule has 27 heavy (non-hydrogen) atoms. The number of aromatic nitrogens is 5. The molecule has 0 aliphatic carbocycles. The first-order valence-corrected chi connectivity index (χ1v) is 8.69. The van der Waals surface area contributed by atoms with Crippen molar-refractivity contribution in [1.29, 1.82) is 0 Å². The molecule has 2 aromatic carbocycles. The van der Waals surface area contributed by atoms with E-state index in [1.165, 1.54) is 0 Å². The smallest absolute Gasteiger partial charge is 0.258 e. The van der Waals surface area contributed by atoms with Gasteiger partial charge in [0.15, 0.2) is 0 Å². The van der Waals surface area contributed by atoms with E-state index in [1.807, 2.05) is 37.3 Å². The van der Waals surface area contributed by atoms with Gasteiger partial charge in [0.1, 0.15) is 17.9 Å². The molecule has 0 saturated carbocycles. The molecule has 1 amide bonds. The number of H-pyrrole nitrogens is 1. The van der Waals surface area contributed by atoms with Crippen LogP contribution in [0.1, 0.15) is 12.7 Å². The molecule has 0 bridgehead atoms. The fourth-order valence-electron chi connectivity index (χ4n) is 3.03. The van der Waals surface area contributed by atoms with Crippen molar-refractivity contribution in [3.63, 3.8) is 0 Å². The molecule has 0 atom stereocenters. The Balaban J connectivity index is 1.57. The van der Waals surface area contributed by atoms with Crippen molar-refractivity contribution >= 4 is 27.8 Å². The lowest BCUT2D eigenvalue weighted by Gasteiger charge is -2.20. The number of benzene rings is 2. The summed E-state index contributed by atoms with van der Waals surface area (Å²) in [7, 11) is 0. The highest BCUT2D eigenvalue weighted by Gasteiger charge is 2.16. The molecule has 0 aliphatic rings. The number of carbonyl (C=O) groups is 1. The number of hydrogen-bond donors (Lipinski definition) is 1. The number of para-hydroxylation sites is 2. The summed E-state index contributed by atoms with van der Waals surface area (Å²) in [5.41, 5.74) is 1.96. The molecule has 2 aromatic heterocycles. The van der Waals surface area contributed by atoms with Crippen molar-refractivity contribution in [2.45, 2.75) is 20.0 Å². The van der Waals surface area contributed by atoms with Crippen LogP contribution in [0.4, 0.5) is 0 Å². The fraction of sp³-hybridized carbons (Fsp3) is 0.211. The number of rotatable bonds is 5. The molecule has 136 valence electrons. The summed E-state index contributed by atoms with van der Waals surface area (Å²) in [6.07, 6.45) is 0. The molecule has 8 heteroatoms. The molecule has 0 unspecified atom stereocenters. The van der Waals surface area contributed by atoms with Crippen LogP contribution in [0.2, 0.25) is 0 Å². The van der Waals surface area contributed by atoms with Gasteiger partial charge in [-0.3, -0.25) is 9.59 Å². The summed E-state index contributed by atoms with van der Waals surface area (Å²) in [5.74, 6) is 0.335. The van der Waals surface area contributed by atoms with Crippen LogP contribution < -0.4 is 5.56 Å². The Morgan fingerprint density at radius 3 is 2.67 bits per heavy atom. The van der Waals surface area contributed by atoms with Crippen molar-refractivity contribution < 1.29 is 4.79 Å². The van der Waals surface area contributed by atoms with Crippen molar-refractivity contribution in [3.8, 4) is 0 Å². The van der Waals surface area contributed by atoms with E-state index in [1.54, 1.807) is 27.8 Å². The summed E-state index contributed by atoms with van der Waals surface area (Å²) >= 11 is 0. The van der Waals surface area contributed by atoms with Gasteiger partial charge in [-0.2, -0.15) is 0 Å². The molecule has 8 nitrogen and oxygen atoms in total. The van der Waals surface area contributed by atoms with Gasteiger partial charge in [-0.05, 0) is 31.2 Å². The van der Waals surface area contributed by atoms with E-state index in [-0.39, 0.29) is 24.6 Å². The average Bonchev–Trinajstić information content (AvgIpc) is 3.09. The average molecular weight is 362 g/mol. The second-order valence-corrected chi connectivity index (χ2v) is 6.17. The van der Waals surface area contributed by atoms with Crippen molar-refractivity contribution in [1.82, 2.24) is 29.9 Å². The Bertz CT molecular complexity index is 1180. The first kappa shape index (κ1) is 16.9.